The summed E-state index contributed by atoms with van der Waals surface area (Å²) in [6, 6.07) is 22.7. The standard InChI is InChI=1S/C29H30ClNO5S2/c1-21-26-20-24(30)11-14-27(26)37-29(21)38(33,34)31(17-16-22-6-4-3-5-7-22)18-19-36-25-12-8-23(9-13-25)10-15-28(32)35-2/h3-9,11-14,20H,10,15-19H2,1-2H3. The van der Waals surface area contributed by atoms with Crippen LogP contribution in [0.5, 0.6) is 5.75 Å². The molecule has 0 atom stereocenters. The molecule has 4 rings (SSSR count). The smallest absolute Gasteiger partial charge is 0.305 e. The second-order valence-electron chi connectivity index (χ2n) is 8.86. The van der Waals surface area contributed by atoms with Crippen molar-refractivity contribution in [1.82, 2.24) is 4.31 Å². The lowest BCUT2D eigenvalue weighted by Crippen LogP contribution is -2.36. The predicted octanol–water partition coefficient (Wildman–Crippen LogP) is 6.28. The SMILES string of the molecule is COC(=O)CCc1ccc(OCCN(CCc2ccccc2)S(=O)(=O)c2sc3ccc(Cl)cc3c2C)cc1. The number of thiophene rings is 1. The molecular weight excluding hydrogens is 542 g/mol. The average Bonchev–Trinajstić information content (AvgIpc) is 3.26. The third-order valence-electron chi connectivity index (χ3n) is 6.30. The number of fused-ring (bicyclic) bond motifs is 1. The Morgan fingerprint density at radius 1 is 0.947 bits per heavy atom. The summed E-state index contributed by atoms with van der Waals surface area (Å²) in [5.41, 5.74) is 2.77. The molecule has 38 heavy (non-hydrogen) atoms. The molecule has 9 heteroatoms. The van der Waals surface area contributed by atoms with E-state index in [1.807, 2.05) is 73.7 Å². The molecule has 3 aromatic carbocycles. The van der Waals surface area contributed by atoms with Crippen molar-refractivity contribution in [3.05, 3.63) is 94.5 Å². The van der Waals surface area contributed by atoms with Gasteiger partial charge in [0.25, 0.3) is 10.0 Å². The summed E-state index contributed by atoms with van der Waals surface area (Å²) < 4.78 is 41.1. The van der Waals surface area contributed by atoms with Crippen LogP contribution in [-0.4, -0.2) is 45.5 Å². The van der Waals surface area contributed by atoms with Gasteiger partial charge in [0, 0.05) is 29.2 Å². The fourth-order valence-electron chi connectivity index (χ4n) is 4.15. The number of ether oxygens (including phenoxy) is 2. The van der Waals surface area contributed by atoms with E-state index >= 15 is 0 Å². The number of rotatable bonds is 12. The number of aryl methyl sites for hydroxylation is 2. The van der Waals surface area contributed by atoms with Gasteiger partial charge in [0.1, 0.15) is 16.6 Å². The number of halogens is 1. The Kier molecular flexibility index (Phi) is 9.44. The number of methoxy groups -OCH3 is 1. The van der Waals surface area contributed by atoms with Gasteiger partial charge < -0.3 is 9.47 Å². The van der Waals surface area contributed by atoms with Crippen molar-refractivity contribution < 1.29 is 22.7 Å². The first-order valence-corrected chi connectivity index (χ1v) is 14.9. The molecule has 200 valence electrons. The first kappa shape index (κ1) is 28.1. The van der Waals surface area contributed by atoms with Gasteiger partial charge in [0.05, 0.1) is 7.11 Å². The fourth-order valence-corrected chi connectivity index (χ4v) is 7.63. The highest BCUT2D eigenvalue weighted by molar-refractivity contribution is 7.91. The summed E-state index contributed by atoms with van der Waals surface area (Å²) in [4.78, 5) is 11.4. The highest BCUT2D eigenvalue weighted by Crippen LogP contribution is 2.37. The summed E-state index contributed by atoms with van der Waals surface area (Å²) in [5, 5.41) is 1.43. The van der Waals surface area contributed by atoms with E-state index in [9.17, 15) is 13.2 Å². The van der Waals surface area contributed by atoms with Gasteiger partial charge in [0.15, 0.2) is 0 Å². The molecule has 1 aromatic heterocycles. The molecule has 4 aromatic rings. The quantitative estimate of drug-likeness (QED) is 0.187. The molecule has 0 unspecified atom stereocenters. The van der Waals surface area contributed by atoms with Gasteiger partial charge in [-0.2, -0.15) is 4.31 Å². The molecule has 0 aliphatic heterocycles. The van der Waals surface area contributed by atoms with E-state index in [2.05, 4.69) is 4.74 Å². The number of hydrogen-bond donors (Lipinski definition) is 0. The molecule has 0 aliphatic carbocycles. The molecule has 0 N–H and O–H groups in total. The van der Waals surface area contributed by atoms with E-state index in [1.165, 1.54) is 22.8 Å². The van der Waals surface area contributed by atoms with Crippen molar-refractivity contribution in [2.75, 3.05) is 26.8 Å². The number of esters is 1. The van der Waals surface area contributed by atoms with E-state index in [0.29, 0.717) is 46.4 Å². The van der Waals surface area contributed by atoms with Crippen molar-refractivity contribution in [2.45, 2.75) is 30.4 Å². The average molecular weight is 572 g/mol. The summed E-state index contributed by atoms with van der Waals surface area (Å²) in [7, 11) is -2.40. The van der Waals surface area contributed by atoms with Crippen LogP contribution >= 0.6 is 22.9 Å². The van der Waals surface area contributed by atoms with E-state index in [4.69, 9.17) is 16.3 Å². The maximum Gasteiger partial charge on any atom is 0.305 e. The first-order valence-electron chi connectivity index (χ1n) is 12.3. The van der Waals surface area contributed by atoms with Crippen LogP contribution in [0.1, 0.15) is 23.1 Å². The summed E-state index contributed by atoms with van der Waals surface area (Å²) in [6.07, 6.45) is 1.48. The van der Waals surface area contributed by atoms with E-state index < -0.39 is 10.0 Å². The predicted molar refractivity (Wildman–Crippen MR) is 153 cm³/mol. The lowest BCUT2D eigenvalue weighted by Gasteiger charge is -2.22. The molecule has 0 radical (unpaired) electrons. The highest BCUT2D eigenvalue weighted by atomic mass is 35.5. The number of carbonyl (C=O) groups is 1. The Morgan fingerprint density at radius 3 is 2.37 bits per heavy atom. The summed E-state index contributed by atoms with van der Waals surface area (Å²) in [5.74, 6) is 0.388. The zero-order chi connectivity index (χ0) is 27.1. The van der Waals surface area contributed by atoms with Gasteiger partial charge in [-0.05, 0) is 72.2 Å². The lowest BCUT2D eigenvalue weighted by atomic mass is 10.1. The van der Waals surface area contributed by atoms with Gasteiger partial charge in [0.2, 0.25) is 0 Å². The number of nitrogens with zero attached hydrogens (tertiary/aromatic N) is 1. The van der Waals surface area contributed by atoms with Crippen molar-refractivity contribution in [3.8, 4) is 5.75 Å². The third kappa shape index (κ3) is 6.94. The molecule has 1 heterocycles. The Morgan fingerprint density at radius 2 is 1.66 bits per heavy atom. The van der Waals surface area contributed by atoms with E-state index in [-0.39, 0.29) is 19.1 Å². The van der Waals surface area contributed by atoms with Crippen LogP contribution in [0.3, 0.4) is 0 Å². The van der Waals surface area contributed by atoms with E-state index in [0.717, 1.165) is 21.2 Å². The number of hydrogen-bond acceptors (Lipinski definition) is 6. The maximum absolute atomic E-state index is 13.9. The molecule has 0 amide bonds. The van der Waals surface area contributed by atoms with Gasteiger partial charge >= 0.3 is 5.97 Å². The molecular formula is C29H30ClNO5S2. The largest absolute Gasteiger partial charge is 0.492 e. The maximum atomic E-state index is 13.9. The normalized spacial score (nSPS) is 11.7. The minimum atomic E-state index is -3.77. The summed E-state index contributed by atoms with van der Waals surface area (Å²) in [6.45, 7) is 2.56. The Bertz CT molecular complexity index is 1480. The number of sulfonamides is 1. The molecule has 0 saturated carbocycles. The zero-order valence-corrected chi connectivity index (χ0v) is 23.7. The molecule has 0 saturated heterocycles. The monoisotopic (exact) mass is 571 g/mol. The minimum absolute atomic E-state index is 0.200. The van der Waals surface area contributed by atoms with Crippen molar-refractivity contribution in [3.63, 3.8) is 0 Å². The van der Waals surface area contributed by atoms with Crippen LogP contribution in [0.4, 0.5) is 0 Å². The number of carbonyl (C=O) groups excluding carboxylic acids is 1. The van der Waals surface area contributed by atoms with Crippen molar-refractivity contribution in [1.29, 1.82) is 0 Å². The second kappa shape index (κ2) is 12.8. The van der Waals surface area contributed by atoms with Crippen LogP contribution in [0, 0.1) is 6.92 Å². The Hall–Kier alpha value is -2.91. The van der Waals surface area contributed by atoms with Gasteiger partial charge in [-0.3, -0.25) is 4.79 Å². The number of benzene rings is 3. The third-order valence-corrected chi connectivity index (χ3v) is 10.3. The Labute approximate surface area is 232 Å². The zero-order valence-electron chi connectivity index (χ0n) is 21.4. The van der Waals surface area contributed by atoms with Crippen LogP contribution in [0.15, 0.2) is 77.0 Å². The van der Waals surface area contributed by atoms with Gasteiger partial charge in [-0.1, -0.05) is 54.1 Å². The van der Waals surface area contributed by atoms with Gasteiger partial charge in [-0.15, -0.1) is 11.3 Å². The molecule has 0 fully saturated rings. The van der Waals surface area contributed by atoms with Crippen LogP contribution in [-0.2, 0) is 32.4 Å². The first-order chi connectivity index (χ1) is 18.3. The topological polar surface area (TPSA) is 72.9 Å². The molecule has 0 bridgehead atoms. The summed E-state index contributed by atoms with van der Waals surface area (Å²) >= 11 is 7.44. The van der Waals surface area contributed by atoms with E-state index in [1.54, 1.807) is 6.07 Å². The molecule has 6 nitrogen and oxygen atoms in total. The molecule has 0 spiro atoms. The van der Waals surface area contributed by atoms with Crippen molar-refractivity contribution >= 4 is 49.0 Å². The van der Waals surface area contributed by atoms with Crippen LogP contribution in [0.25, 0.3) is 10.1 Å². The van der Waals surface area contributed by atoms with Gasteiger partial charge in [-0.25, -0.2) is 8.42 Å². The Balaban J connectivity index is 1.49. The molecule has 0 aliphatic rings. The van der Waals surface area contributed by atoms with Crippen LogP contribution in [0.2, 0.25) is 5.02 Å². The second-order valence-corrected chi connectivity index (χ2v) is 12.5. The highest BCUT2D eigenvalue weighted by Gasteiger charge is 2.29. The lowest BCUT2D eigenvalue weighted by molar-refractivity contribution is -0.140. The fraction of sp³-hybridized carbons (Fsp3) is 0.276. The minimum Gasteiger partial charge on any atom is -0.492 e. The van der Waals surface area contributed by atoms with Crippen LogP contribution < -0.4 is 4.74 Å². The van der Waals surface area contributed by atoms with Crippen molar-refractivity contribution in [2.24, 2.45) is 0 Å².